The van der Waals surface area contributed by atoms with Crippen LogP contribution < -0.4 is 15.8 Å². The number of nitrogens with one attached hydrogen (secondary N) is 1. The summed E-state index contributed by atoms with van der Waals surface area (Å²) in [6.07, 6.45) is 2.30. The van der Waals surface area contributed by atoms with E-state index in [0.29, 0.717) is 28.8 Å². The van der Waals surface area contributed by atoms with Crippen LogP contribution in [0.4, 0.5) is 14.5 Å². The maximum atomic E-state index is 14.7. The second-order valence-electron chi connectivity index (χ2n) is 6.54. The molecule has 0 spiro atoms. The molecule has 29 heavy (non-hydrogen) atoms. The second kappa shape index (κ2) is 7.91. The number of halogens is 2. The fourth-order valence-electron chi connectivity index (χ4n) is 3.39. The van der Waals surface area contributed by atoms with Gasteiger partial charge in [0.25, 0.3) is 5.91 Å². The highest BCUT2D eigenvalue weighted by Gasteiger charge is 2.49. The molecule has 3 N–H and O–H groups in total. The number of ether oxygens (including phenoxy) is 2. The molecule has 11 heteroatoms. The summed E-state index contributed by atoms with van der Waals surface area (Å²) in [5.41, 5.74) is 5.68. The van der Waals surface area contributed by atoms with Gasteiger partial charge >= 0.3 is 0 Å². The van der Waals surface area contributed by atoms with Gasteiger partial charge in [-0.1, -0.05) is 11.8 Å². The highest BCUT2D eigenvalue weighted by atomic mass is 32.2. The monoisotopic (exact) mass is 421 g/mol. The highest BCUT2D eigenvalue weighted by Crippen LogP contribution is 2.45. The van der Waals surface area contributed by atoms with E-state index in [-0.39, 0.29) is 24.1 Å². The Morgan fingerprint density at radius 3 is 3.03 bits per heavy atom. The zero-order valence-electron chi connectivity index (χ0n) is 15.1. The van der Waals surface area contributed by atoms with Crippen LogP contribution in [0.3, 0.4) is 0 Å². The quantitative estimate of drug-likeness (QED) is 0.760. The van der Waals surface area contributed by atoms with Crippen molar-refractivity contribution in [1.29, 1.82) is 0 Å². The summed E-state index contributed by atoms with van der Waals surface area (Å²) in [6.45, 7) is -0.367. The molecule has 0 aliphatic carbocycles. The highest BCUT2D eigenvalue weighted by molar-refractivity contribution is 8.13. The Kier molecular flexibility index (Phi) is 5.33. The summed E-state index contributed by atoms with van der Waals surface area (Å²) in [5.74, 6) is -0.386. The molecule has 2 aliphatic heterocycles. The summed E-state index contributed by atoms with van der Waals surface area (Å²) >= 11 is 1.42. The molecule has 1 aromatic heterocycles. The fraction of sp³-hybridized carbons (Fsp3) is 0.333. The maximum absolute atomic E-state index is 14.7. The third-order valence-electron chi connectivity index (χ3n) is 4.81. The Morgan fingerprint density at radius 2 is 2.28 bits per heavy atom. The molecule has 0 radical (unpaired) electrons. The number of alkyl halides is 1. The molecule has 1 aromatic carbocycles. The van der Waals surface area contributed by atoms with Gasteiger partial charge in [0, 0.05) is 22.9 Å². The molecule has 0 bridgehead atoms. The van der Waals surface area contributed by atoms with Gasteiger partial charge in [-0.2, -0.15) is 0 Å². The Morgan fingerprint density at radius 1 is 1.41 bits per heavy atom. The molecule has 4 rings (SSSR count). The van der Waals surface area contributed by atoms with Gasteiger partial charge in [0.2, 0.25) is 12.7 Å². The molecule has 2 unspecified atom stereocenters. The zero-order valence-corrected chi connectivity index (χ0v) is 15.9. The molecular weight excluding hydrogens is 404 g/mol. The van der Waals surface area contributed by atoms with Crippen LogP contribution >= 0.6 is 11.8 Å². The van der Waals surface area contributed by atoms with E-state index in [9.17, 15) is 13.6 Å². The van der Waals surface area contributed by atoms with Gasteiger partial charge in [-0.05, 0) is 18.2 Å². The van der Waals surface area contributed by atoms with E-state index in [2.05, 4.69) is 25.0 Å². The molecule has 2 aliphatic rings. The van der Waals surface area contributed by atoms with Crippen molar-refractivity contribution in [3.63, 3.8) is 0 Å². The molecule has 1 amide bonds. The van der Waals surface area contributed by atoms with E-state index in [4.69, 9.17) is 10.5 Å². The summed E-state index contributed by atoms with van der Waals surface area (Å²) in [7, 11) is 0. The van der Waals surface area contributed by atoms with Gasteiger partial charge < -0.3 is 20.5 Å². The van der Waals surface area contributed by atoms with Gasteiger partial charge in [-0.25, -0.2) is 23.7 Å². The first-order valence-corrected chi connectivity index (χ1v) is 9.68. The van der Waals surface area contributed by atoms with Crippen LogP contribution in [-0.2, 0) is 10.3 Å². The Hall–Kier alpha value is -2.79. The van der Waals surface area contributed by atoms with Gasteiger partial charge in [0.1, 0.15) is 17.1 Å². The first kappa shape index (κ1) is 19.5. The van der Waals surface area contributed by atoms with Crippen molar-refractivity contribution in [2.24, 2.45) is 16.6 Å². The number of hydrogen-bond acceptors (Lipinski definition) is 8. The molecule has 1 saturated heterocycles. The number of thioether (sulfide) groups is 1. The lowest BCUT2D eigenvalue weighted by Crippen LogP contribution is -2.40. The number of carbonyl (C=O) groups is 1. The summed E-state index contributed by atoms with van der Waals surface area (Å²) in [4.78, 5) is 24.6. The Balaban J connectivity index is 1.60. The van der Waals surface area contributed by atoms with Crippen molar-refractivity contribution in [2.75, 3.05) is 31.1 Å². The lowest BCUT2D eigenvalue weighted by atomic mass is 9.81. The van der Waals surface area contributed by atoms with Crippen LogP contribution in [0.25, 0.3) is 0 Å². The molecular formula is C18H17F2N5O3S. The molecule has 1 fully saturated rings. The maximum Gasteiger partial charge on any atom is 0.275 e. The number of nitrogens with zero attached hydrogens (tertiary/aromatic N) is 3. The lowest BCUT2D eigenvalue weighted by molar-refractivity contribution is 0.102. The zero-order chi connectivity index (χ0) is 20.4. The predicted octanol–water partition coefficient (Wildman–Crippen LogP) is 2.08. The number of fused-ring (bicyclic) bond motifs is 1. The van der Waals surface area contributed by atoms with Crippen LogP contribution in [0.1, 0.15) is 16.1 Å². The number of benzene rings is 1. The molecule has 2 aromatic rings. The number of anilines is 1. The van der Waals surface area contributed by atoms with Crippen LogP contribution in [-0.4, -0.2) is 46.9 Å². The molecule has 152 valence electrons. The summed E-state index contributed by atoms with van der Waals surface area (Å²) in [6, 6.07) is 4.25. The van der Waals surface area contributed by atoms with Crippen LogP contribution in [0, 0.1) is 11.7 Å². The third kappa shape index (κ3) is 3.75. The largest absolute Gasteiger partial charge is 0.445 e. The first-order chi connectivity index (χ1) is 14.0. The van der Waals surface area contributed by atoms with Gasteiger partial charge in [-0.15, -0.1) is 0 Å². The number of amidine groups is 1. The average Bonchev–Trinajstić information content (AvgIpc) is 3.14. The Labute approximate surface area is 168 Å². The van der Waals surface area contributed by atoms with Gasteiger partial charge in [0.15, 0.2) is 5.17 Å². The normalized spacial score (nSPS) is 23.2. The molecule has 8 nitrogen and oxygen atoms in total. The standard InChI is InChI=1S/C18H17F2N5O3S/c19-9-28-15-5-22-14(4-23-15)16(26)24-11-1-2-13(20)12(3-11)18-8-27-6-10(18)7-29-17(21)25-18/h1-5,10H,6-9H2,(H2,21,25)(H,24,26). The van der Waals surface area contributed by atoms with Crippen molar-refractivity contribution >= 4 is 28.5 Å². The van der Waals surface area contributed by atoms with Crippen molar-refractivity contribution < 1.29 is 23.0 Å². The van der Waals surface area contributed by atoms with E-state index in [0.717, 1.165) is 12.4 Å². The van der Waals surface area contributed by atoms with Crippen molar-refractivity contribution in [3.8, 4) is 5.88 Å². The number of carbonyl (C=O) groups excluding carboxylic acids is 1. The van der Waals surface area contributed by atoms with E-state index in [1.165, 1.54) is 30.0 Å². The number of aliphatic imine (C=N–C) groups is 1. The summed E-state index contributed by atoms with van der Waals surface area (Å²) in [5, 5.41) is 3.04. The van der Waals surface area contributed by atoms with Crippen LogP contribution in [0.15, 0.2) is 35.6 Å². The van der Waals surface area contributed by atoms with E-state index >= 15 is 0 Å². The van der Waals surface area contributed by atoms with Crippen LogP contribution in [0.2, 0.25) is 0 Å². The van der Waals surface area contributed by atoms with E-state index in [1.807, 2.05) is 0 Å². The predicted molar refractivity (Wildman–Crippen MR) is 103 cm³/mol. The minimum absolute atomic E-state index is 0.00125. The van der Waals surface area contributed by atoms with Gasteiger partial charge in [-0.3, -0.25) is 4.79 Å². The second-order valence-corrected chi connectivity index (χ2v) is 7.58. The topological polar surface area (TPSA) is 112 Å². The Bertz CT molecular complexity index is 959. The molecule has 2 atom stereocenters. The van der Waals surface area contributed by atoms with E-state index < -0.39 is 24.1 Å². The van der Waals surface area contributed by atoms with Crippen LogP contribution in [0.5, 0.6) is 5.88 Å². The number of nitrogens with two attached hydrogens (primary N) is 1. The number of aromatic nitrogens is 2. The number of rotatable bonds is 5. The summed E-state index contributed by atoms with van der Waals surface area (Å²) < 4.78 is 37.0. The number of amides is 1. The fourth-order valence-corrected chi connectivity index (χ4v) is 4.36. The minimum atomic E-state index is -1.05. The third-order valence-corrected chi connectivity index (χ3v) is 5.77. The lowest BCUT2D eigenvalue weighted by Gasteiger charge is -2.34. The number of hydrogen-bond donors (Lipinski definition) is 2. The average molecular weight is 421 g/mol. The van der Waals surface area contributed by atoms with E-state index in [1.54, 1.807) is 0 Å². The SMILES string of the molecule is NC1=NC2(c3cc(NC(=O)c4cnc(OCF)cn4)ccc3F)COCC2CS1. The van der Waals surface area contributed by atoms with Crippen molar-refractivity contribution in [3.05, 3.63) is 47.7 Å². The van der Waals surface area contributed by atoms with Crippen molar-refractivity contribution in [1.82, 2.24) is 9.97 Å². The first-order valence-electron chi connectivity index (χ1n) is 8.70. The molecule has 3 heterocycles. The van der Waals surface area contributed by atoms with Crippen molar-refractivity contribution in [2.45, 2.75) is 5.54 Å². The smallest absolute Gasteiger partial charge is 0.275 e. The minimum Gasteiger partial charge on any atom is -0.445 e. The molecule has 0 saturated carbocycles. The van der Waals surface area contributed by atoms with Gasteiger partial charge in [0.05, 0.1) is 25.6 Å².